The van der Waals surface area contributed by atoms with Crippen molar-refractivity contribution in [2.75, 3.05) is 6.54 Å². The van der Waals surface area contributed by atoms with E-state index in [4.69, 9.17) is 28.8 Å². The fourth-order valence-corrected chi connectivity index (χ4v) is 3.09. The lowest BCUT2D eigenvalue weighted by Crippen LogP contribution is -2.53. The zero-order chi connectivity index (χ0) is 23.5. The molecule has 0 fully saturated rings. The third-order valence-corrected chi connectivity index (χ3v) is 4.87. The summed E-state index contributed by atoms with van der Waals surface area (Å²) in [6, 6.07) is 13.6. The van der Waals surface area contributed by atoms with E-state index in [1.54, 1.807) is 24.3 Å². The van der Waals surface area contributed by atoms with E-state index in [0.717, 1.165) is 5.56 Å². The number of benzene rings is 2. The SMILES string of the molecule is NC(=O)[C@@H](Cc1ccccc1)NC(=O)[C@H](CCCN=C(N)N)NC(=O)c1ccc(Cl)cc1. The molecule has 32 heavy (non-hydrogen) atoms. The van der Waals surface area contributed by atoms with Crippen LogP contribution in [-0.4, -0.2) is 42.3 Å². The van der Waals surface area contributed by atoms with Crippen molar-refractivity contribution in [2.45, 2.75) is 31.3 Å². The van der Waals surface area contributed by atoms with Gasteiger partial charge in [0, 0.05) is 23.6 Å². The Morgan fingerprint density at radius 2 is 1.56 bits per heavy atom. The number of amides is 3. The number of guanidine groups is 1. The number of primary amides is 1. The highest BCUT2D eigenvalue weighted by Crippen LogP contribution is 2.11. The molecule has 9 nitrogen and oxygen atoms in total. The molecule has 0 aromatic heterocycles. The van der Waals surface area contributed by atoms with Crippen LogP contribution in [-0.2, 0) is 16.0 Å². The van der Waals surface area contributed by atoms with Crippen LogP contribution in [0.4, 0.5) is 0 Å². The van der Waals surface area contributed by atoms with Crippen LogP contribution in [0.5, 0.6) is 0 Å². The monoisotopic (exact) mass is 458 g/mol. The fraction of sp³-hybridized carbons (Fsp3) is 0.273. The van der Waals surface area contributed by atoms with Gasteiger partial charge in [0.15, 0.2) is 5.96 Å². The van der Waals surface area contributed by atoms with Crippen LogP contribution in [0.15, 0.2) is 59.6 Å². The predicted molar refractivity (Wildman–Crippen MR) is 124 cm³/mol. The summed E-state index contributed by atoms with van der Waals surface area (Å²) >= 11 is 5.86. The molecule has 10 heteroatoms. The number of rotatable bonds is 11. The summed E-state index contributed by atoms with van der Waals surface area (Å²) in [6.07, 6.45) is 0.906. The summed E-state index contributed by atoms with van der Waals surface area (Å²) in [5.41, 5.74) is 17.3. The number of nitrogens with one attached hydrogen (secondary N) is 2. The maximum absolute atomic E-state index is 13.0. The van der Waals surface area contributed by atoms with Crippen molar-refractivity contribution in [3.63, 3.8) is 0 Å². The molecule has 2 rings (SSSR count). The second kappa shape index (κ2) is 12.3. The predicted octanol–water partition coefficient (Wildman–Crippen LogP) is 0.705. The number of hydrogen-bond acceptors (Lipinski definition) is 4. The van der Waals surface area contributed by atoms with E-state index in [1.165, 1.54) is 0 Å². The number of hydrogen-bond donors (Lipinski definition) is 5. The van der Waals surface area contributed by atoms with Crippen LogP contribution in [0.3, 0.4) is 0 Å². The van der Waals surface area contributed by atoms with Crippen molar-refractivity contribution >= 4 is 35.3 Å². The number of nitrogens with two attached hydrogens (primary N) is 3. The normalized spacial score (nSPS) is 12.3. The first-order chi connectivity index (χ1) is 15.3. The first kappa shape index (κ1) is 24.7. The van der Waals surface area contributed by atoms with E-state index in [9.17, 15) is 14.4 Å². The number of halogens is 1. The standard InChI is InChI=1S/C22H27ClN6O3/c23-16-10-8-15(9-11-16)20(31)28-17(7-4-12-27-22(25)26)21(32)29-18(19(24)30)13-14-5-2-1-3-6-14/h1-3,5-6,8-11,17-18H,4,7,12-13H2,(H2,24,30)(H,28,31)(H,29,32)(H4,25,26,27)/t17-,18+/m0/s1. The van der Waals surface area contributed by atoms with Crippen LogP contribution >= 0.6 is 11.6 Å². The molecule has 0 aliphatic heterocycles. The Kier molecular flexibility index (Phi) is 9.49. The highest BCUT2D eigenvalue weighted by atomic mass is 35.5. The van der Waals surface area contributed by atoms with E-state index in [0.29, 0.717) is 17.0 Å². The Balaban J connectivity index is 2.11. The Morgan fingerprint density at radius 1 is 0.906 bits per heavy atom. The van der Waals surface area contributed by atoms with Crippen molar-refractivity contribution in [2.24, 2.45) is 22.2 Å². The fourth-order valence-electron chi connectivity index (χ4n) is 2.96. The summed E-state index contributed by atoms with van der Waals surface area (Å²) in [5.74, 6) is -1.72. The van der Waals surface area contributed by atoms with Crippen LogP contribution in [0, 0.1) is 0 Å². The number of carbonyl (C=O) groups is 3. The highest BCUT2D eigenvalue weighted by Gasteiger charge is 2.26. The molecule has 0 bridgehead atoms. The molecule has 2 aromatic carbocycles. The zero-order valence-electron chi connectivity index (χ0n) is 17.5. The summed E-state index contributed by atoms with van der Waals surface area (Å²) in [5, 5.41) is 5.82. The topological polar surface area (TPSA) is 166 Å². The second-order valence-corrected chi connectivity index (χ2v) is 7.57. The lowest BCUT2D eigenvalue weighted by molar-refractivity contribution is -0.128. The van der Waals surface area contributed by atoms with E-state index in [1.807, 2.05) is 30.3 Å². The van der Waals surface area contributed by atoms with Gasteiger partial charge >= 0.3 is 0 Å². The first-order valence-corrected chi connectivity index (χ1v) is 10.4. The van der Waals surface area contributed by atoms with Gasteiger partial charge in [0.25, 0.3) is 5.91 Å². The van der Waals surface area contributed by atoms with Gasteiger partial charge in [0.1, 0.15) is 12.1 Å². The minimum absolute atomic E-state index is 0.0622. The second-order valence-electron chi connectivity index (χ2n) is 7.14. The number of nitrogens with zero attached hydrogens (tertiary/aromatic N) is 1. The van der Waals surface area contributed by atoms with Crippen LogP contribution in [0.1, 0.15) is 28.8 Å². The molecule has 0 unspecified atom stereocenters. The molecule has 8 N–H and O–H groups in total. The van der Waals surface area contributed by atoms with Gasteiger partial charge in [-0.25, -0.2) is 0 Å². The summed E-state index contributed by atoms with van der Waals surface area (Å²) in [4.78, 5) is 41.4. The van der Waals surface area contributed by atoms with Gasteiger partial charge in [-0.2, -0.15) is 0 Å². The van der Waals surface area contributed by atoms with Gasteiger partial charge in [-0.3, -0.25) is 19.4 Å². The molecule has 0 aliphatic carbocycles. The zero-order valence-corrected chi connectivity index (χ0v) is 18.2. The molecule has 0 saturated carbocycles. The first-order valence-electron chi connectivity index (χ1n) is 10.0. The molecule has 2 aromatic rings. The van der Waals surface area contributed by atoms with Gasteiger partial charge in [0.05, 0.1) is 0 Å². The quantitative estimate of drug-likeness (QED) is 0.189. The molecule has 2 atom stereocenters. The highest BCUT2D eigenvalue weighted by molar-refractivity contribution is 6.30. The largest absolute Gasteiger partial charge is 0.370 e. The van der Waals surface area contributed by atoms with Crippen molar-refractivity contribution in [3.05, 3.63) is 70.7 Å². The maximum atomic E-state index is 13.0. The van der Waals surface area contributed by atoms with Crippen LogP contribution in [0.2, 0.25) is 5.02 Å². The molecular formula is C22H27ClN6O3. The van der Waals surface area contributed by atoms with Crippen LogP contribution in [0.25, 0.3) is 0 Å². The molecule has 0 aliphatic rings. The molecule has 3 amide bonds. The van der Waals surface area contributed by atoms with Crippen LogP contribution < -0.4 is 27.8 Å². The van der Waals surface area contributed by atoms with E-state index >= 15 is 0 Å². The van der Waals surface area contributed by atoms with Gasteiger partial charge in [-0.05, 0) is 42.7 Å². The van der Waals surface area contributed by atoms with Crippen molar-refractivity contribution in [3.8, 4) is 0 Å². The molecule has 0 radical (unpaired) electrons. The average molecular weight is 459 g/mol. The minimum Gasteiger partial charge on any atom is -0.370 e. The Labute approximate surface area is 191 Å². The Bertz CT molecular complexity index is 946. The van der Waals surface area contributed by atoms with Gasteiger partial charge in [0.2, 0.25) is 11.8 Å². The average Bonchev–Trinajstić information content (AvgIpc) is 2.76. The molecule has 0 saturated heterocycles. The summed E-state index contributed by atoms with van der Waals surface area (Å²) < 4.78 is 0. The molecule has 0 heterocycles. The molecule has 0 spiro atoms. The maximum Gasteiger partial charge on any atom is 0.251 e. The van der Waals surface area contributed by atoms with Crippen molar-refractivity contribution in [1.82, 2.24) is 10.6 Å². The number of aliphatic imine (C=N–C) groups is 1. The molecule has 170 valence electrons. The Hall–Kier alpha value is -3.59. The lowest BCUT2D eigenvalue weighted by Gasteiger charge is -2.22. The van der Waals surface area contributed by atoms with Crippen molar-refractivity contribution < 1.29 is 14.4 Å². The van der Waals surface area contributed by atoms with E-state index in [-0.39, 0.29) is 25.3 Å². The third kappa shape index (κ3) is 8.27. The summed E-state index contributed by atoms with van der Waals surface area (Å²) in [6.45, 7) is 0.284. The molecular weight excluding hydrogens is 432 g/mol. The van der Waals surface area contributed by atoms with Gasteiger partial charge in [-0.1, -0.05) is 41.9 Å². The van der Waals surface area contributed by atoms with E-state index in [2.05, 4.69) is 15.6 Å². The van der Waals surface area contributed by atoms with E-state index < -0.39 is 29.8 Å². The smallest absolute Gasteiger partial charge is 0.251 e. The third-order valence-electron chi connectivity index (χ3n) is 4.62. The minimum atomic E-state index is -0.933. The van der Waals surface area contributed by atoms with Crippen molar-refractivity contribution in [1.29, 1.82) is 0 Å². The Morgan fingerprint density at radius 3 is 2.16 bits per heavy atom. The van der Waals surface area contributed by atoms with Gasteiger partial charge in [-0.15, -0.1) is 0 Å². The van der Waals surface area contributed by atoms with Gasteiger partial charge < -0.3 is 27.8 Å². The lowest BCUT2D eigenvalue weighted by atomic mass is 10.0. The summed E-state index contributed by atoms with van der Waals surface area (Å²) in [7, 11) is 0. The number of carbonyl (C=O) groups excluding carboxylic acids is 3.